The van der Waals surface area contributed by atoms with Crippen molar-refractivity contribution in [2.75, 3.05) is 12.4 Å². The van der Waals surface area contributed by atoms with Crippen LogP contribution in [0.25, 0.3) is 0 Å². The van der Waals surface area contributed by atoms with E-state index in [-0.39, 0.29) is 11.0 Å². The first-order chi connectivity index (χ1) is 13.2. The lowest BCUT2D eigenvalue weighted by molar-refractivity contribution is -0.0746. The van der Waals surface area contributed by atoms with E-state index in [1.165, 1.54) is 50.7 Å². The zero-order valence-corrected chi connectivity index (χ0v) is 17.1. The topological polar surface area (TPSA) is 86.5 Å². The molecule has 1 aromatic rings. The van der Waals surface area contributed by atoms with Crippen LogP contribution in [0.15, 0.2) is 12.1 Å². The predicted octanol–water partition coefficient (Wildman–Crippen LogP) is 3.45. The van der Waals surface area contributed by atoms with E-state index in [1.807, 2.05) is 6.92 Å². The van der Waals surface area contributed by atoms with E-state index in [0.717, 1.165) is 17.8 Å². The number of nitrogens with two attached hydrogens (primary N) is 1. The normalized spacial score (nSPS) is 31.2. The Labute approximate surface area is 165 Å². The zero-order chi connectivity index (χ0) is 20.1. The Morgan fingerprint density at radius 1 is 1.18 bits per heavy atom. The summed E-state index contributed by atoms with van der Waals surface area (Å²) in [6.07, 6.45) is 8.24. The second-order valence-electron chi connectivity index (χ2n) is 9.23. The van der Waals surface area contributed by atoms with Crippen molar-refractivity contribution in [3.63, 3.8) is 0 Å². The van der Waals surface area contributed by atoms with Crippen molar-refractivity contribution in [2.24, 2.45) is 28.3 Å². The smallest absolute Gasteiger partial charge is 0.216 e. The van der Waals surface area contributed by atoms with Gasteiger partial charge in [0.2, 0.25) is 10.0 Å². The van der Waals surface area contributed by atoms with Crippen LogP contribution in [0.2, 0.25) is 0 Å². The highest BCUT2D eigenvalue weighted by molar-refractivity contribution is 7.89. The monoisotopic (exact) mass is 409 g/mol. The van der Waals surface area contributed by atoms with Gasteiger partial charge in [-0.3, -0.25) is 4.79 Å². The SMILES string of the molecule is CCc1cc(C(=O)CS(N)(=O)=O)c(F)cc1OCC12CC3CC(CC(C3)C1)C2. The van der Waals surface area contributed by atoms with Gasteiger partial charge in [0.1, 0.15) is 17.3 Å². The first kappa shape index (κ1) is 19.8. The molecule has 0 atom stereocenters. The van der Waals surface area contributed by atoms with Gasteiger partial charge in [0.15, 0.2) is 5.78 Å². The molecule has 0 radical (unpaired) electrons. The van der Waals surface area contributed by atoms with Gasteiger partial charge in [-0.1, -0.05) is 6.92 Å². The predicted molar refractivity (Wildman–Crippen MR) is 104 cm³/mol. The maximum absolute atomic E-state index is 14.5. The molecule has 4 aliphatic carbocycles. The van der Waals surface area contributed by atoms with E-state index >= 15 is 0 Å². The van der Waals surface area contributed by atoms with Gasteiger partial charge in [-0.25, -0.2) is 17.9 Å². The highest BCUT2D eigenvalue weighted by atomic mass is 32.2. The lowest BCUT2D eigenvalue weighted by atomic mass is 9.50. The minimum absolute atomic E-state index is 0.207. The van der Waals surface area contributed by atoms with E-state index in [2.05, 4.69) is 0 Å². The third kappa shape index (κ3) is 3.96. The molecule has 0 aliphatic heterocycles. The molecule has 4 aliphatic rings. The van der Waals surface area contributed by atoms with Crippen molar-refractivity contribution < 1.29 is 22.3 Å². The molecule has 5 nitrogen and oxygen atoms in total. The Balaban J connectivity index is 1.52. The summed E-state index contributed by atoms with van der Waals surface area (Å²) in [5, 5.41) is 4.92. The van der Waals surface area contributed by atoms with Crippen LogP contribution in [0.3, 0.4) is 0 Å². The minimum Gasteiger partial charge on any atom is -0.493 e. The van der Waals surface area contributed by atoms with E-state index in [4.69, 9.17) is 9.88 Å². The van der Waals surface area contributed by atoms with Gasteiger partial charge in [0.25, 0.3) is 0 Å². The molecule has 0 spiro atoms. The first-order valence-corrected chi connectivity index (χ1v) is 11.9. The Bertz CT molecular complexity index is 861. The molecule has 0 amide bonds. The second kappa shape index (κ2) is 7.10. The van der Waals surface area contributed by atoms with Crippen LogP contribution in [-0.2, 0) is 16.4 Å². The highest BCUT2D eigenvalue weighted by Crippen LogP contribution is 2.60. The van der Waals surface area contributed by atoms with Crippen LogP contribution in [0.1, 0.15) is 61.4 Å². The fourth-order valence-electron chi connectivity index (χ4n) is 6.18. The molecule has 4 saturated carbocycles. The molecule has 0 unspecified atom stereocenters. The van der Waals surface area contributed by atoms with E-state index in [9.17, 15) is 17.6 Å². The number of hydrogen-bond acceptors (Lipinski definition) is 4. The largest absolute Gasteiger partial charge is 0.493 e. The van der Waals surface area contributed by atoms with Crippen LogP contribution in [0.5, 0.6) is 5.75 Å². The van der Waals surface area contributed by atoms with Gasteiger partial charge >= 0.3 is 0 Å². The van der Waals surface area contributed by atoms with Crippen LogP contribution in [0.4, 0.5) is 4.39 Å². The molecular formula is C21H28FNO4S. The average Bonchev–Trinajstić information content (AvgIpc) is 2.57. The lowest BCUT2D eigenvalue weighted by Crippen LogP contribution is -2.48. The number of sulfonamides is 1. The molecule has 4 fully saturated rings. The van der Waals surface area contributed by atoms with Crippen molar-refractivity contribution in [1.82, 2.24) is 0 Å². The molecule has 7 heteroatoms. The number of carbonyl (C=O) groups excluding carboxylic acids is 1. The zero-order valence-electron chi connectivity index (χ0n) is 16.2. The number of rotatable bonds is 7. The average molecular weight is 410 g/mol. The Kier molecular flexibility index (Phi) is 5.02. The van der Waals surface area contributed by atoms with Crippen LogP contribution >= 0.6 is 0 Å². The Morgan fingerprint density at radius 2 is 1.75 bits per heavy atom. The van der Waals surface area contributed by atoms with Crippen LogP contribution in [0, 0.1) is 29.0 Å². The summed E-state index contributed by atoms with van der Waals surface area (Å²) < 4.78 is 43.0. The van der Waals surface area contributed by atoms with Crippen LogP contribution in [-0.4, -0.2) is 26.6 Å². The Hall–Kier alpha value is -1.47. The first-order valence-electron chi connectivity index (χ1n) is 10.2. The van der Waals surface area contributed by atoms with E-state index < -0.39 is 27.4 Å². The van der Waals surface area contributed by atoms with E-state index in [0.29, 0.717) is 24.3 Å². The summed E-state index contributed by atoms with van der Waals surface area (Å²) in [7, 11) is -4.00. The number of Topliss-reactive ketones (excluding diaryl/α,β-unsaturated/α-hetero) is 1. The van der Waals surface area contributed by atoms with Crippen molar-refractivity contribution >= 4 is 15.8 Å². The maximum atomic E-state index is 14.5. The summed E-state index contributed by atoms with van der Waals surface area (Å²) in [6.45, 7) is 2.49. The number of halogens is 1. The summed E-state index contributed by atoms with van der Waals surface area (Å²) in [6, 6.07) is 2.65. The van der Waals surface area contributed by atoms with Gasteiger partial charge in [0.05, 0.1) is 12.2 Å². The molecule has 4 bridgehead atoms. The number of ether oxygens (including phenoxy) is 1. The van der Waals surface area contributed by atoms with Crippen molar-refractivity contribution in [3.8, 4) is 5.75 Å². The molecular weight excluding hydrogens is 381 g/mol. The highest BCUT2D eigenvalue weighted by Gasteiger charge is 2.51. The maximum Gasteiger partial charge on any atom is 0.216 e. The number of carbonyl (C=O) groups is 1. The number of ketones is 1. The molecule has 154 valence electrons. The van der Waals surface area contributed by atoms with Crippen LogP contribution < -0.4 is 9.88 Å². The molecule has 0 aromatic heterocycles. The third-order valence-electron chi connectivity index (χ3n) is 6.86. The standard InChI is InChI=1S/C21H28FNO4S/c1-2-16-6-17(19(24)11-28(23,25)26)18(22)7-20(16)27-12-21-8-13-3-14(9-21)5-15(4-13)10-21/h6-7,13-15H,2-5,8-12H2,1H3,(H2,23,25,26). The van der Waals surface area contributed by atoms with Crippen molar-refractivity contribution in [3.05, 3.63) is 29.1 Å². The molecule has 0 saturated heterocycles. The summed E-state index contributed by atoms with van der Waals surface area (Å²) in [5.74, 6) is 0.415. The summed E-state index contributed by atoms with van der Waals surface area (Å²) >= 11 is 0. The van der Waals surface area contributed by atoms with Gasteiger partial charge in [0, 0.05) is 11.5 Å². The number of hydrogen-bond donors (Lipinski definition) is 1. The number of aryl methyl sites for hydroxylation is 1. The van der Waals surface area contributed by atoms with Gasteiger partial charge in [-0.15, -0.1) is 0 Å². The summed E-state index contributed by atoms with van der Waals surface area (Å²) in [5.41, 5.74) is 0.676. The van der Waals surface area contributed by atoms with Gasteiger partial charge in [-0.05, 0) is 74.3 Å². The Morgan fingerprint density at radius 3 is 2.25 bits per heavy atom. The summed E-state index contributed by atoms with van der Waals surface area (Å²) in [4.78, 5) is 12.1. The third-order valence-corrected chi connectivity index (χ3v) is 7.53. The van der Waals surface area contributed by atoms with E-state index in [1.54, 1.807) is 0 Å². The molecule has 0 heterocycles. The molecule has 28 heavy (non-hydrogen) atoms. The minimum atomic E-state index is -4.00. The fourth-order valence-corrected chi connectivity index (χ4v) is 6.70. The molecule has 5 rings (SSSR count). The van der Waals surface area contributed by atoms with Crippen molar-refractivity contribution in [2.45, 2.75) is 51.9 Å². The molecule has 2 N–H and O–H groups in total. The fraction of sp³-hybridized carbons (Fsp3) is 0.667. The molecule has 1 aromatic carbocycles. The van der Waals surface area contributed by atoms with Gasteiger partial charge in [-0.2, -0.15) is 0 Å². The number of benzene rings is 1. The quantitative estimate of drug-likeness (QED) is 0.699. The lowest BCUT2D eigenvalue weighted by Gasteiger charge is -2.56. The van der Waals surface area contributed by atoms with Crippen molar-refractivity contribution in [1.29, 1.82) is 0 Å². The second-order valence-corrected chi connectivity index (χ2v) is 10.8. The van der Waals surface area contributed by atoms with Gasteiger partial charge < -0.3 is 4.74 Å². The number of primary sulfonamides is 1.